The monoisotopic (exact) mass is 358 g/mol. The molecule has 0 fully saturated rings. The maximum atomic E-state index is 12.0. The fraction of sp³-hybridized carbons (Fsp3) is 0.294. The molecule has 1 aromatic carbocycles. The molecule has 0 radical (unpaired) electrons. The van der Waals surface area contributed by atoms with Gasteiger partial charge < -0.3 is 14.5 Å². The molecule has 1 amide bonds. The third-order valence-corrected chi connectivity index (χ3v) is 4.57. The van der Waals surface area contributed by atoms with Crippen LogP contribution < -0.4 is 10.1 Å². The van der Waals surface area contributed by atoms with Crippen LogP contribution in [0.5, 0.6) is 5.75 Å². The van der Waals surface area contributed by atoms with Crippen molar-refractivity contribution in [1.29, 1.82) is 0 Å². The molecule has 3 rings (SSSR count). The topological polar surface area (TPSA) is 90.1 Å². The smallest absolute Gasteiger partial charge is 0.259 e. The minimum absolute atomic E-state index is 0.0837. The third-order valence-electron chi connectivity index (χ3n) is 3.66. The van der Waals surface area contributed by atoms with Crippen molar-refractivity contribution in [2.75, 3.05) is 7.11 Å². The zero-order chi connectivity index (χ0) is 17.6. The van der Waals surface area contributed by atoms with Gasteiger partial charge in [-0.15, -0.1) is 21.5 Å². The zero-order valence-corrected chi connectivity index (χ0v) is 14.8. The predicted octanol–water partition coefficient (Wildman–Crippen LogP) is 2.76. The molecule has 0 unspecified atom stereocenters. The number of thiazole rings is 1. The molecule has 7 nitrogen and oxygen atoms in total. The molecule has 0 atom stereocenters. The van der Waals surface area contributed by atoms with Crippen LogP contribution in [0.25, 0.3) is 10.8 Å². The lowest BCUT2D eigenvalue weighted by atomic mass is 10.1. The summed E-state index contributed by atoms with van der Waals surface area (Å²) in [5.74, 6) is 1.50. The van der Waals surface area contributed by atoms with Crippen LogP contribution in [0.2, 0.25) is 0 Å². The van der Waals surface area contributed by atoms with E-state index >= 15 is 0 Å². The van der Waals surface area contributed by atoms with Crippen molar-refractivity contribution in [3.8, 4) is 16.5 Å². The van der Waals surface area contributed by atoms with Gasteiger partial charge in [0.15, 0.2) is 0 Å². The quantitative estimate of drug-likeness (QED) is 0.698. The van der Waals surface area contributed by atoms with Crippen LogP contribution in [-0.4, -0.2) is 28.2 Å². The summed E-state index contributed by atoms with van der Waals surface area (Å²) >= 11 is 1.44. The van der Waals surface area contributed by atoms with E-state index in [1.807, 2.05) is 31.2 Å². The van der Waals surface area contributed by atoms with Crippen LogP contribution in [0.1, 0.15) is 23.6 Å². The molecule has 1 N–H and O–H groups in total. The molecule has 8 heteroatoms. The number of nitrogens with one attached hydrogen (secondary N) is 1. The fourth-order valence-electron chi connectivity index (χ4n) is 2.34. The number of methoxy groups -OCH3 is 1. The molecule has 0 saturated carbocycles. The van der Waals surface area contributed by atoms with Gasteiger partial charge in [-0.3, -0.25) is 4.79 Å². The van der Waals surface area contributed by atoms with E-state index in [-0.39, 0.29) is 12.5 Å². The van der Waals surface area contributed by atoms with Crippen molar-refractivity contribution < 1.29 is 13.9 Å². The van der Waals surface area contributed by atoms with Crippen molar-refractivity contribution in [2.24, 2.45) is 0 Å². The first-order chi connectivity index (χ1) is 12.2. The molecule has 0 bridgehead atoms. The summed E-state index contributed by atoms with van der Waals surface area (Å²) in [5, 5.41) is 10.7. The number of ether oxygens (including phenoxy) is 1. The molecule has 0 aliphatic heterocycles. The van der Waals surface area contributed by atoms with Crippen molar-refractivity contribution in [1.82, 2.24) is 20.5 Å². The van der Waals surface area contributed by atoms with Gasteiger partial charge >= 0.3 is 0 Å². The van der Waals surface area contributed by atoms with Crippen molar-refractivity contribution in [3.63, 3.8) is 0 Å². The molecule has 130 valence electrons. The van der Waals surface area contributed by atoms with E-state index in [0.717, 1.165) is 21.9 Å². The number of hydrogen-bond donors (Lipinski definition) is 1. The molecule has 25 heavy (non-hydrogen) atoms. The van der Waals surface area contributed by atoms with Crippen molar-refractivity contribution in [2.45, 2.75) is 26.3 Å². The first kappa shape index (κ1) is 17.1. The highest BCUT2D eigenvalue weighted by Gasteiger charge is 2.14. The predicted molar refractivity (Wildman–Crippen MR) is 93.3 cm³/mol. The van der Waals surface area contributed by atoms with Crippen LogP contribution in [0, 0.1) is 6.92 Å². The number of para-hydroxylation sites is 1. The average molecular weight is 358 g/mol. The van der Waals surface area contributed by atoms with E-state index in [2.05, 4.69) is 20.5 Å². The van der Waals surface area contributed by atoms with Crippen LogP contribution >= 0.6 is 11.3 Å². The number of hydrogen-bond acceptors (Lipinski definition) is 7. The number of benzene rings is 1. The summed E-state index contributed by atoms with van der Waals surface area (Å²) < 4.78 is 10.9. The minimum atomic E-state index is -0.0837. The first-order valence-electron chi connectivity index (χ1n) is 7.79. The Morgan fingerprint density at radius 1 is 1.32 bits per heavy atom. The number of amides is 1. The molecule has 0 aliphatic carbocycles. The van der Waals surface area contributed by atoms with E-state index < -0.39 is 0 Å². The zero-order valence-electron chi connectivity index (χ0n) is 14.0. The SMILES string of the molecule is COc1ccccc1CCC(=O)NCc1nnc(-c2scnc2C)o1. The molecular weight excluding hydrogens is 340 g/mol. The molecule has 0 aliphatic rings. The van der Waals surface area contributed by atoms with Gasteiger partial charge in [-0.25, -0.2) is 4.98 Å². The normalized spacial score (nSPS) is 10.6. The molecule has 3 aromatic rings. The number of aryl methyl sites for hydroxylation is 2. The van der Waals surface area contributed by atoms with Gasteiger partial charge in [0.25, 0.3) is 5.89 Å². The maximum Gasteiger partial charge on any atom is 0.259 e. The minimum Gasteiger partial charge on any atom is -0.496 e. The van der Waals surface area contributed by atoms with E-state index in [0.29, 0.717) is 24.6 Å². The lowest BCUT2D eigenvalue weighted by molar-refractivity contribution is -0.121. The first-order valence-corrected chi connectivity index (χ1v) is 8.66. The van der Waals surface area contributed by atoms with Gasteiger partial charge in [0.2, 0.25) is 11.8 Å². The Balaban J connectivity index is 1.51. The van der Waals surface area contributed by atoms with Crippen LogP contribution in [0.15, 0.2) is 34.2 Å². The summed E-state index contributed by atoms with van der Waals surface area (Å²) in [6.07, 6.45) is 0.959. The fourth-order valence-corrected chi connectivity index (χ4v) is 3.07. The lowest BCUT2D eigenvalue weighted by Gasteiger charge is -2.07. The van der Waals surface area contributed by atoms with Gasteiger partial charge in [-0.2, -0.15) is 0 Å². The van der Waals surface area contributed by atoms with E-state index in [1.54, 1.807) is 12.6 Å². The van der Waals surface area contributed by atoms with Gasteiger partial charge in [0, 0.05) is 6.42 Å². The Morgan fingerprint density at radius 3 is 2.92 bits per heavy atom. The molecule has 0 saturated heterocycles. The second kappa shape index (κ2) is 7.89. The molecule has 0 spiro atoms. The Hall–Kier alpha value is -2.74. The maximum absolute atomic E-state index is 12.0. The number of rotatable bonds is 7. The highest BCUT2D eigenvalue weighted by Crippen LogP contribution is 2.25. The standard InChI is InChI=1S/C17H18N4O3S/c1-11-16(25-10-19-11)17-21-20-15(24-17)9-18-14(22)8-7-12-5-3-4-6-13(12)23-2/h3-6,10H,7-9H2,1-2H3,(H,18,22). The summed E-state index contributed by atoms with van der Waals surface area (Å²) in [6.45, 7) is 2.09. The Kier molecular flexibility index (Phi) is 5.39. The average Bonchev–Trinajstić information content (AvgIpc) is 3.26. The second-order valence-electron chi connectivity index (χ2n) is 5.36. The number of carbonyl (C=O) groups is 1. The Labute approximate surface area is 149 Å². The largest absolute Gasteiger partial charge is 0.496 e. The molecule has 2 aromatic heterocycles. The number of aromatic nitrogens is 3. The van der Waals surface area contributed by atoms with E-state index in [4.69, 9.17) is 9.15 Å². The van der Waals surface area contributed by atoms with Gasteiger partial charge in [0.1, 0.15) is 10.6 Å². The summed E-state index contributed by atoms with van der Waals surface area (Å²) in [7, 11) is 1.62. The van der Waals surface area contributed by atoms with Crippen molar-refractivity contribution >= 4 is 17.2 Å². The number of carbonyl (C=O) groups excluding carboxylic acids is 1. The van der Waals surface area contributed by atoms with Gasteiger partial charge in [-0.1, -0.05) is 18.2 Å². The Morgan fingerprint density at radius 2 is 2.16 bits per heavy atom. The Bertz CT molecular complexity index is 859. The third kappa shape index (κ3) is 4.21. The van der Waals surface area contributed by atoms with Crippen LogP contribution in [0.4, 0.5) is 0 Å². The van der Waals surface area contributed by atoms with Crippen LogP contribution in [-0.2, 0) is 17.8 Å². The van der Waals surface area contributed by atoms with Gasteiger partial charge in [0.05, 0.1) is 24.9 Å². The van der Waals surface area contributed by atoms with E-state index in [9.17, 15) is 4.79 Å². The molecular formula is C17H18N4O3S. The van der Waals surface area contributed by atoms with Crippen LogP contribution in [0.3, 0.4) is 0 Å². The summed E-state index contributed by atoms with van der Waals surface area (Å²) in [6, 6.07) is 7.67. The molecule has 2 heterocycles. The second-order valence-corrected chi connectivity index (χ2v) is 6.21. The number of nitrogens with zero attached hydrogens (tertiary/aromatic N) is 3. The van der Waals surface area contributed by atoms with Crippen molar-refractivity contribution in [3.05, 3.63) is 46.9 Å². The highest BCUT2D eigenvalue weighted by molar-refractivity contribution is 7.13. The van der Waals surface area contributed by atoms with E-state index in [1.165, 1.54) is 11.3 Å². The lowest BCUT2D eigenvalue weighted by Crippen LogP contribution is -2.23. The highest BCUT2D eigenvalue weighted by atomic mass is 32.1. The summed E-state index contributed by atoms with van der Waals surface area (Å²) in [5.41, 5.74) is 3.58. The van der Waals surface area contributed by atoms with Gasteiger partial charge in [-0.05, 0) is 25.0 Å². The summed E-state index contributed by atoms with van der Waals surface area (Å²) in [4.78, 5) is 17.0.